The Hall–Kier alpha value is -2.52. The maximum Gasteiger partial charge on any atom is 0.224 e. The number of H-pyrrole nitrogens is 1. The van der Waals surface area contributed by atoms with Gasteiger partial charge in [0.15, 0.2) is 5.65 Å². The average Bonchev–Trinajstić information content (AvgIpc) is 2.84. The lowest BCUT2D eigenvalue weighted by atomic mass is 10.1. The summed E-state index contributed by atoms with van der Waals surface area (Å²) in [4.78, 5) is 8.04. The molecule has 2 heterocycles. The molecule has 7 heteroatoms. The number of benzene rings is 1. The van der Waals surface area contributed by atoms with Crippen LogP contribution in [0.3, 0.4) is 0 Å². The second kappa shape index (κ2) is 4.30. The van der Waals surface area contributed by atoms with Gasteiger partial charge in [-0.15, -0.1) is 0 Å². The largest absolute Gasteiger partial charge is 0.261 e. The number of nitrogens with zero attached hydrogens (tertiary/aromatic N) is 4. The van der Waals surface area contributed by atoms with Crippen LogP contribution in [0.5, 0.6) is 0 Å². The van der Waals surface area contributed by atoms with E-state index in [0.717, 1.165) is 6.07 Å². The molecule has 3 rings (SSSR count). The van der Waals surface area contributed by atoms with Crippen LogP contribution in [-0.4, -0.2) is 20.2 Å². The van der Waals surface area contributed by atoms with Gasteiger partial charge >= 0.3 is 0 Å². The lowest BCUT2D eigenvalue weighted by molar-refractivity contribution is 0.628. The second-order valence-electron chi connectivity index (χ2n) is 3.81. The standard InChI is InChI=1S/C12H5ClFN5/c13-12-17-10(9-5-16-19-11(9)18-12)7-1-6(4-15)2-8(14)3-7/h1-3,5H,(H,16,17,18,19). The van der Waals surface area contributed by atoms with Crippen LogP contribution >= 0.6 is 11.6 Å². The van der Waals surface area contributed by atoms with E-state index in [2.05, 4.69) is 20.2 Å². The Kier molecular flexibility index (Phi) is 2.62. The van der Waals surface area contributed by atoms with Crippen molar-refractivity contribution in [3.8, 4) is 17.3 Å². The molecule has 92 valence electrons. The van der Waals surface area contributed by atoms with Gasteiger partial charge in [0.25, 0.3) is 0 Å². The maximum atomic E-state index is 13.5. The van der Waals surface area contributed by atoms with Crippen molar-refractivity contribution < 1.29 is 4.39 Å². The quantitative estimate of drug-likeness (QED) is 0.691. The summed E-state index contributed by atoms with van der Waals surface area (Å²) < 4.78 is 13.5. The van der Waals surface area contributed by atoms with Gasteiger partial charge in [0.1, 0.15) is 5.82 Å². The van der Waals surface area contributed by atoms with Gasteiger partial charge in [-0.05, 0) is 29.8 Å². The van der Waals surface area contributed by atoms with Gasteiger partial charge in [-0.1, -0.05) is 0 Å². The number of hydrogen-bond donors (Lipinski definition) is 1. The van der Waals surface area contributed by atoms with E-state index in [1.807, 2.05) is 6.07 Å². The molecule has 2 aromatic heterocycles. The first-order chi connectivity index (χ1) is 9.17. The van der Waals surface area contributed by atoms with E-state index in [4.69, 9.17) is 16.9 Å². The van der Waals surface area contributed by atoms with Crippen LogP contribution < -0.4 is 0 Å². The van der Waals surface area contributed by atoms with E-state index in [1.54, 1.807) is 0 Å². The average molecular weight is 274 g/mol. The summed E-state index contributed by atoms with van der Waals surface area (Å²) in [5, 5.41) is 16.0. The van der Waals surface area contributed by atoms with E-state index in [0.29, 0.717) is 22.3 Å². The zero-order valence-corrected chi connectivity index (χ0v) is 10.1. The fourth-order valence-electron chi connectivity index (χ4n) is 1.82. The highest BCUT2D eigenvalue weighted by Crippen LogP contribution is 2.27. The summed E-state index contributed by atoms with van der Waals surface area (Å²) in [5.74, 6) is -0.513. The predicted molar refractivity (Wildman–Crippen MR) is 66.8 cm³/mol. The van der Waals surface area contributed by atoms with Crippen molar-refractivity contribution in [1.82, 2.24) is 20.2 Å². The molecular formula is C12H5ClFN5. The number of rotatable bonds is 1. The Morgan fingerprint density at radius 3 is 2.89 bits per heavy atom. The predicted octanol–water partition coefficient (Wildman–Crippen LogP) is 2.68. The number of fused-ring (bicyclic) bond motifs is 1. The van der Waals surface area contributed by atoms with Gasteiger partial charge < -0.3 is 0 Å². The molecule has 0 spiro atoms. The third kappa shape index (κ3) is 2.00. The third-order valence-corrected chi connectivity index (χ3v) is 2.75. The maximum absolute atomic E-state index is 13.5. The number of aromatic amines is 1. The summed E-state index contributed by atoms with van der Waals surface area (Å²) in [5.41, 5.74) is 1.55. The number of hydrogen-bond acceptors (Lipinski definition) is 4. The molecule has 0 radical (unpaired) electrons. The van der Waals surface area contributed by atoms with Crippen LogP contribution in [0.25, 0.3) is 22.3 Å². The number of aromatic nitrogens is 4. The van der Waals surface area contributed by atoms with Crippen molar-refractivity contribution in [3.63, 3.8) is 0 Å². The van der Waals surface area contributed by atoms with E-state index >= 15 is 0 Å². The van der Waals surface area contributed by atoms with Gasteiger partial charge in [-0.25, -0.2) is 9.37 Å². The van der Waals surface area contributed by atoms with Crippen molar-refractivity contribution in [2.45, 2.75) is 0 Å². The molecule has 0 unspecified atom stereocenters. The van der Waals surface area contributed by atoms with Crippen LogP contribution in [-0.2, 0) is 0 Å². The first-order valence-corrected chi connectivity index (χ1v) is 5.63. The van der Waals surface area contributed by atoms with Crippen LogP contribution in [0.4, 0.5) is 4.39 Å². The number of nitrogens with one attached hydrogen (secondary N) is 1. The summed E-state index contributed by atoms with van der Waals surface area (Å²) in [6.07, 6.45) is 1.53. The van der Waals surface area contributed by atoms with E-state index in [1.165, 1.54) is 18.3 Å². The molecule has 0 amide bonds. The highest BCUT2D eigenvalue weighted by molar-refractivity contribution is 6.28. The minimum atomic E-state index is -0.513. The zero-order valence-electron chi connectivity index (χ0n) is 9.35. The van der Waals surface area contributed by atoms with Gasteiger partial charge in [-0.2, -0.15) is 15.3 Å². The smallest absolute Gasteiger partial charge is 0.224 e. The Bertz CT molecular complexity index is 821. The highest BCUT2D eigenvalue weighted by Gasteiger charge is 2.12. The minimum absolute atomic E-state index is 0.0227. The molecule has 19 heavy (non-hydrogen) atoms. The minimum Gasteiger partial charge on any atom is -0.261 e. The molecule has 1 aromatic carbocycles. The van der Waals surface area contributed by atoms with Crippen LogP contribution in [0.15, 0.2) is 24.4 Å². The van der Waals surface area contributed by atoms with Crippen molar-refractivity contribution in [2.75, 3.05) is 0 Å². The van der Waals surface area contributed by atoms with E-state index in [-0.39, 0.29) is 10.8 Å². The van der Waals surface area contributed by atoms with Crippen LogP contribution in [0.1, 0.15) is 5.56 Å². The fraction of sp³-hybridized carbons (Fsp3) is 0. The SMILES string of the molecule is N#Cc1cc(F)cc(-c2nc(Cl)nc3[nH]ncc23)c1. The first-order valence-electron chi connectivity index (χ1n) is 5.25. The normalized spacial score (nSPS) is 10.6. The van der Waals surface area contributed by atoms with Gasteiger partial charge in [0, 0.05) is 5.56 Å². The topological polar surface area (TPSA) is 78.2 Å². The Morgan fingerprint density at radius 1 is 1.26 bits per heavy atom. The molecule has 5 nitrogen and oxygen atoms in total. The van der Waals surface area contributed by atoms with Crippen molar-refractivity contribution in [1.29, 1.82) is 5.26 Å². The molecule has 0 bridgehead atoms. The summed E-state index contributed by atoms with van der Waals surface area (Å²) in [6, 6.07) is 5.87. The highest BCUT2D eigenvalue weighted by atomic mass is 35.5. The molecule has 0 aliphatic rings. The lowest BCUT2D eigenvalue weighted by Gasteiger charge is -2.03. The summed E-state index contributed by atoms with van der Waals surface area (Å²) in [6.45, 7) is 0. The number of nitriles is 1. The van der Waals surface area contributed by atoms with Crippen molar-refractivity contribution >= 4 is 22.6 Å². The first kappa shape index (κ1) is 11.6. The molecule has 3 aromatic rings. The molecule has 0 saturated carbocycles. The molecule has 1 N–H and O–H groups in total. The molecule has 0 fully saturated rings. The summed E-state index contributed by atoms with van der Waals surface area (Å²) >= 11 is 5.82. The van der Waals surface area contributed by atoms with Crippen molar-refractivity contribution in [3.05, 3.63) is 41.1 Å². The Balaban J connectivity index is 2.33. The van der Waals surface area contributed by atoms with E-state index in [9.17, 15) is 4.39 Å². The fourth-order valence-corrected chi connectivity index (χ4v) is 1.99. The molecule has 0 saturated heterocycles. The van der Waals surface area contributed by atoms with Gasteiger partial charge in [-0.3, -0.25) is 5.10 Å². The lowest BCUT2D eigenvalue weighted by Crippen LogP contribution is -1.91. The van der Waals surface area contributed by atoms with Gasteiger partial charge in [0.05, 0.1) is 28.9 Å². The molecule has 0 aliphatic carbocycles. The van der Waals surface area contributed by atoms with Gasteiger partial charge in [0.2, 0.25) is 5.28 Å². The monoisotopic (exact) mass is 273 g/mol. The van der Waals surface area contributed by atoms with Crippen LogP contribution in [0.2, 0.25) is 5.28 Å². The zero-order chi connectivity index (χ0) is 13.4. The molecule has 0 aliphatic heterocycles. The van der Waals surface area contributed by atoms with E-state index < -0.39 is 5.82 Å². The van der Waals surface area contributed by atoms with Crippen molar-refractivity contribution in [2.24, 2.45) is 0 Å². The molecular weight excluding hydrogens is 269 g/mol. The third-order valence-electron chi connectivity index (χ3n) is 2.58. The second-order valence-corrected chi connectivity index (χ2v) is 4.15. The van der Waals surface area contributed by atoms with Crippen LogP contribution in [0, 0.1) is 17.1 Å². The Labute approximate surface area is 111 Å². The number of halogens is 2. The summed E-state index contributed by atoms with van der Waals surface area (Å²) in [7, 11) is 0. The molecule has 0 atom stereocenters. The Morgan fingerprint density at radius 2 is 2.11 bits per heavy atom.